The van der Waals surface area contributed by atoms with Crippen LogP contribution in [0.1, 0.15) is 149 Å². The van der Waals surface area contributed by atoms with Gasteiger partial charge in [0, 0.05) is 16.7 Å². The van der Waals surface area contributed by atoms with Gasteiger partial charge in [-0.25, -0.2) is 13.2 Å². The summed E-state index contributed by atoms with van der Waals surface area (Å²) in [6, 6.07) is 67.0. The molecule has 3 saturated carbocycles. The van der Waals surface area contributed by atoms with Crippen molar-refractivity contribution in [3.8, 4) is 66.8 Å². The van der Waals surface area contributed by atoms with Crippen molar-refractivity contribution in [2.75, 3.05) is 0 Å². The number of hydrogen-bond acceptors (Lipinski definition) is 0. The maximum atomic E-state index is 14.8. The second kappa shape index (κ2) is 26.6. The molecule has 9 aromatic carbocycles. The summed E-state index contributed by atoms with van der Waals surface area (Å²) >= 11 is 0. The minimum Gasteiger partial charge on any atom is -0.206 e. The summed E-state index contributed by atoms with van der Waals surface area (Å²) in [6.45, 7) is 13.2. The van der Waals surface area contributed by atoms with E-state index in [4.69, 9.17) is 0 Å². The Hall–Kier alpha value is -7.23. The first-order chi connectivity index (χ1) is 39.3. The lowest BCUT2D eigenvalue weighted by molar-refractivity contribution is 0.348. The maximum Gasteiger partial charge on any atom is 0.131 e. The first-order valence-electron chi connectivity index (χ1n) is 30.2. The highest BCUT2D eigenvalue weighted by Crippen LogP contribution is 2.40. The van der Waals surface area contributed by atoms with Crippen LogP contribution in [0.4, 0.5) is 13.2 Å². The van der Waals surface area contributed by atoms with Gasteiger partial charge < -0.3 is 0 Å². The lowest BCUT2D eigenvalue weighted by Gasteiger charge is -2.26. The van der Waals surface area contributed by atoms with E-state index in [1.54, 1.807) is 18.2 Å². The summed E-state index contributed by atoms with van der Waals surface area (Å²) in [5, 5.41) is 0. The summed E-state index contributed by atoms with van der Waals surface area (Å²) < 4.78 is 44.4. The molecule has 0 amide bonds. The Balaban J connectivity index is 0.000000136. The Morgan fingerprint density at radius 1 is 0.235 bits per heavy atom. The molecule has 9 aromatic rings. The van der Waals surface area contributed by atoms with Crippen LogP contribution in [0.2, 0.25) is 0 Å². The first-order valence-corrected chi connectivity index (χ1v) is 30.2. The third kappa shape index (κ3) is 14.6. The Kier molecular flexibility index (Phi) is 18.7. The van der Waals surface area contributed by atoms with Crippen molar-refractivity contribution >= 4 is 0 Å². The van der Waals surface area contributed by atoms with Gasteiger partial charge in [0.1, 0.15) is 17.5 Å². The van der Waals surface area contributed by atoms with Crippen LogP contribution in [0.3, 0.4) is 0 Å². The van der Waals surface area contributed by atoms with E-state index in [0.717, 1.165) is 67.8 Å². The van der Waals surface area contributed by atoms with Crippen LogP contribution in [-0.2, 0) is 0 Å². The SMILES string of the molecule is Cc1ccc(-c2ccc(-c3ccc(C4CCC(C)CC4)cc3)c(F)c2)cc1.Cc1ccc(-c2ccc(-c3ccc(C4CCC(C)CC4)cc3)c(F)c2)cc1.Cc1ccc(-c2ccc(-c3ccc(C4CCC(C)CC4)cc3)c(F)c2)cc1. The Morgan fingerprint density at radius 3 is 0.642 bits per heavy atom. The molecular formula is C78H81F3. The van der Waals surface area contributed by atoms with Gasteiger partial charge in [0.05, 0.1) is 0 Å². The lowest BCUT2D eigenvalue weighted by Crippen LogP contribution is -2.10. The lowest BCUT2D eigenvalue weighted by atomic mass is 9.79. The minimum atomic E-state index is -0.160. The predicted octanol–water partition coefficient (Wildman–Crippen LogP) is 23.3. The van der Waals surface area contributed by atoms with Gasteiger partial charge >= 0.3 is 0 Å². The fourth-order valence-corrected chi connectivity index (χ4v) is 12.6. The van der Waals surface area contributed by atoms with Crippen molar-refractivity contribution in [2.45, 2.75) is 136 Å². The van der Waals surface area contributed by atoms with E-state index in [1.165, 1.54) is 110 Å². The monoisotopic (exact) mass is 1070 g/mol. The number of hydrogen-bond donors (Lipinski definition) is 0. The van der Waals surface area contributed by atoms with Gasteiger partial charge in [0.25, 0.3) is 0 Å². The van der Waals surface area contributed by atoms with Crippen LogP contribution in [0.15, 0.2) is 200 Å². The molecule has 0 unspecified atom stereocenters. The average molecular weight is 1080 g/mol. The molecule has 3 aliphatic rings. The van der Waals surface area contributed by atoms with Crippen molar-refractivity contribution in [1.82, 2.24) is 0 Å². The van der Waals surface area contributed by atoms with Crippen molar-refractivity contribution in [3.05, 3.63) is 251 Å². The maximum absolute atomic E-state index is 14.8. The fourth-order valence-electron chi connectivity index (χ4n) is 12.6. The highest BCUT2D eigenvalue weighted by atomic mass is 19.1. The summed E-state index contributed by atoms with van der Waals surface area (Å²) in [5.74, 6) is 4.12. The number of aryl methyl sites for hydroxylation is 3. The molecule has 3 heteroatoms. The molecule has 3 fully saturated rings. The average Bonchev–Trinajstić information content (AvgIpc) is 3.49. The van der Waals surface area contributed by atoms with E-state index in [-0.39, 0.29) is 17.5 Å². The van der Waals surface area contributed by atoms with E-state index in [2.05, 4.69) is 151 Å². The molecule has 0 N–H and O–H groups in total. The second-order valence-electron chi connectivity index (χ2n) is 24.4. The van der Waals surface area contributed by atoms with Gasteiger partial charge in [-0.1, -0.05) is 258 Å². The predicted molar refractivity (Wildman–Crippen MR) is 337 cm³/mol. The Labute approximate surface area is 482 Å². The smallest absolute Gasteiger partial charge is 0.131 e. The zero-order valence-corrected chi connectivity index (χ0v) is 48.6. The molecule has 414 valence electrons. The van der Waals surface area contributed by atoms with Crippen molar-refractivity contribution < 1.29 is 13.2 Å². The van der Waals surface area contributed by atoms with Gasteiger partial charge in [0.15, 0.2) is 0 Å². The van der Waals surface area contributed by atoms with Gasteiger partial charge in [-0.3, -0.25) is 0 Å². The van der Waals surface area contributed by atoms with E-state index >= 15 is 0 Å². The van der Waals surface area contributed by atoms with Crippen LogP contribution in [0.25, 0.3) is 66.8 Å². The number of halogens is 3. The molecule has 0 aliphatic heterocycles. The molecule has 12 rings (SSSR count). The van der Waals surface area contributed by atoms with Gasteiger partial charge in [-0.2, -0.15) is 0 Å². The van der Waals surface area contributed by atoms with Crippen LogP contribution >= 0.6 is 0 Å². The molecule has 0 saturated heterocycles. The first kappa shape index (κ1) is 57.0. The van der Waals surface area contributed by atoms with Crippen molar-refractivity contribution in [3.63, 3.8) is 0 Å². The van der Waals surface area contributed by atoms with E-state index < -0.39 is 0 Å². The van der Waals surface area contributed by atoms with Crippen LogP contribution in [0, 0.1) is 56.0 Å². The molecule has 3 aliphatic carbocycles. The van der Waals surface area contributed by atoms with Gasteiger partial charge in [-0.05, 0) is 180 Å². The van der Waals surface area contributed by atoms with Crippen molar-refractivity contribution in [2.24, 2.45) is 17.8 Å². The molecule has 0 nitrogen and oxygen atoms in total. The minimum absolute atomic E-state index is 0.160. The van der Waals surface area contributed by atoms with E-state index in [0.29, 0.717) is 34.4 Å². The van der Waals surface area contributed by atoms with Gasteiger partial charge in [0.2, 0.25) is 0 Å². The normalized spacial score (nSPS) is 19.8. The van der Waals surface area contributed by atoms with Crippen molar-refractivity contribution in [1.29, 1.82) is 0 Å². The fraction of sp³-hybridized carbons (Fsp3) is 0.308. The van der Waals surface area contributed by atoms with Crippen LogP contribution < -0.4 is 0 Å². The molecule has 0 atom stereocenters. The molecular weight excluding hydrogens is 994 g/mol. The summed E-state index contributed by atoms with van der Waals surface area (Å²) in [4.78, 5) is 0. The molecule has 0 radical (unpaired) electrons. The topological polar surface area (TPSA) is 0 Å². The summed E-state index contributed by atoms with van der Waals surface area (Å²) in [5.41, 5.74) is 18.6. The second-order valence-corrected chi connectivity index (χ2v) is 24.4. The summed E-state index contributed by atoms with van der Waals surface area (Å²) in [7, 11) is 0. The van der Waals surface area contributed by atoms with Crippen LogP contribution in [0.5, 0.6) is 0 Å². The largest absolute Gasteiger partial charge is 0.206 e. The number of benzene rings is 9. The van der Waals surface area contributed by atoms with Gasteiger partial charge in [-0.15, -0.1) is 0 Å². The molecule has 0 bridgehead atoms. The molecule has 0 spiro atoms. The molecule has 0 aromatic heterocycles. The quantitative estimate of drug-likeness (QED) is 0.135. The highest BCUT2D eigenvalue weighted by molar-refractivity contribution is 5.74. The third-order valence-electron chi connectivity index (χ3n) is 18.2. The highest BCUT2D eigenvalue weighted by Gasteiger charge is 2.23. The zero-order chi connectivity index (χ0) is 56.4. The Bertz CT molecular complexity index is 3070. The number of rotatable bonds is 9. The summed E-state index contributed by atoms with van der Waals surface area (Å²) in [6.07, 6.45) is 15.6. The molecule has 0 heterocycles. The Morgan fingerprint density at radius 2 is 0.432 bits per heavy atom. The van der Waals surface area contributed by atoms with E-state index in [1.807, 2.05) is 72.8 Å². The zero-order valence-electron chi connectivity index (χ0n) is 48.6. The standard InChI is InChI=1S/3C26H27F/c3*1-18-3-7-20(8-4-18)21-11-13-23(14-12-21)25-16-15-24(17-26(25)27)22-9-5-19(2)6-10-22/h3*5-6,9-18,20H,3-4,7-8H2,1-2H3. The van der Waals surface area contributed by atoms with Crippen LogP contribution in [-0.4, -0.2) is 0 Å². The molecule has 81 heavy (non-hydrogen) atoms. The third-order valence-corrected chi connectivity index (χ3v) is 18.2. The van der Waals surface area contributed by atoms with E-state index in [9.17, 15) is 13.2 Å².